The zero-order valence-electron chi connectivity index (χ0n) is 7.82. The van der Waals surface area contributed by atoms with Crippen LogP contribution in [0.15, 0.2) is 18.3 Å². The Morgan fingerprint density at radius 1 is 1.62 bits per heavy atom. The van der Waals surface area contributed by atoms with E-state index in [-0.39, 0.29) is 5.78 Å². The van der Waals surface area contributed by atoms with E-state index < -0.39 is 0 Å². The van der Waals surface area contributed by atoms with Crippen molar-refractivity contribution in [3.05, 3.63) is 23.9 Å². The molecule has 0 aliphatic carbocycles. The van der Waals surface area contributed by atoms with Crippen molar-refractivity contribution in [2.75, 3.05) is 26.4 Å². The highest BCUT2D eigenvalue weighted by Crippen LogP contribution is 2.07. The smallest absolute Gasteiger partial charge is 0.180 e. The van der Waals surface area contributed by atoms with Crippen LogP contribution in [0.5, 0.6) is 0 Å². The van der Waals surface area contributed by atoms with E-state index >= 15 is 0 Å². The van der Waals surface area contributed by atoms with E-state index in [1.165, 1.54) is 0 Å². The Morgan fingerprint density at radius 2 is 2.31 bits per heavy atom. The van der Waals surface area contributed by atoms with E-state index in [2.05, 4.69) is 4.98 Å². The zero-order chi connectivity index (χ0) is 9.84. The van der Waals surface area contributed by atoms with Gasteiger partial charge in [0.15, 0.2) is 5.78 Å². The largest absolute Gasteiger partial charge is 0.383 e. The van der Waals surface area contributed by atoms with Crippen LogP contribution >= 0.6 is 0 Å². The van der Waals surface area contributed by atoms with Crippen molar-refractivity contribution in [2.45, 2.75) is 0 Å². The van der Waals surface area contributed by atoms with Gasteiger partial charge in [-0.3, -0.25) is 4.79 Å². The van der Waals surface area contributed by atoms with E-state index in [0.29, 0.717) is 17.9 Å². The fourth-order valence-corrected chi connectivity index (χ4v) is 1.03. The third-order valence-corrected chi connectivity index (χ3v) is 1.60. The highest BCUT2D eigenvalue weighted by molar-refractivity contribution is 6.01. The summed E-state index contributed by atoms with van der Waals surface area (Å²) in [5.74, 6) is 0.296. The standard InChI is InChI=1S/C9H13N3O/c1-12(2)6-8(13)7-4-3-5-11-9(7)10/h3-5H,6H2,1-2H3,(H2,10,11). The quantitative estimate of drug-likeness (QED) is 0.683. The number of hydrogen-bond donors (Lipinski definition) is 1. The minimum Gasteiger partial charge on any atom is -0.383 e. The van der Waals surface area contributed by atoms with Crippen molar-refractivity contribution in [3.63, 3.8) is 0 Å². The molecule has 0 aliphatic heterocycles. The van der Waals surface area contributed by atoms with Crippen LogP contribution in [0, 0.1) is 0 Å². The average Bonchev–Trinajstić information content (AvgIpc) is 2.03. The van der Waals surface area contributed by atoms with Crippen LogP contribution in [0.4, 0.5) is 5.82 Å². The predicted octanol–water partition coefficient (Wildman–Crippen LogP) is 0.408. The fraction of sp³-hybridized carbons (Fsp3) is 0.333. The number of nitrogens with zero attached hydrogens (tertiary/aromatic N) is 2. The number of Topliss-reactive ketones (excluding diaryl/α,β-unsaturated/α-hetero) is 1. The molecule has 1 aromatic rings. The van der Waals surface area contributed by atoms with Crippen LogP contribution in [0.25, 0.3) is 0 Å². The Morgan fingerprint density at radius 3 is 2.85 bits per heavy atom. The van der Waals surface area contributed by atoms with Crippen molar-refractivity contribution in [1.82, 2.24) is 9.88 Å². The van der Waals surface area contributed by atoms with Gasteiger partial charge in [0.05, 0.1) is 12.1 Å². The number of rotatable bonds is 3. The number of likely N-dealkylation sites (N-methyl/N-ethyl adjacent to an activating group) is 1. The summed E-state index contributed by atoms with van der Waals surface area (Å²) in [6.07, 6.45) is 1.57. The maximum Gasteiger partial charge on any atom is 0.180 e. The summed E-state index contributed by atoms with van der Waals surface area (Å²) in [6, 6.07) is 3.40. The van der Waals surface area contributed by atoms with Crippen molar-refractivity contribution >= 4 is 11.6 Å². The highest BCUT2D eigenvalue weighted by Gasteiger charge is 2.10. The summed E-state index contributed by atoms with van der Waals surface area (Å²) in [4.78, 5) is 17.2. The molecule has 0 saturated carbocycles. The number of nitrogens with two attached hydrogens (primary N) is 1. The molecule has 13 heavy (non-hydrogen) atoms. The second-order valence-corrected chi connectivity index (χ2v) is 3.10. The number of pyridine rings is 1. The Balaban J connectivity index is 2.83. The van der Waals surface area contributed by atoms with Crippen LogP contribution in [0.3, 0.4) is 0 Å². The summed E-state index contributed by atoms with van der Waals surface area (Å²) >= 11 is 0. The van der Waals surface area contributed by atoms with Crippen LogP contribution < -0.4 is 5.73 Å². The molecule has 0 unspecified atom stereocenters. The molecule has 0 amide bonds. The lowest BCUT2D eigenvalue weighted by molar-refractivity contribution is 0.0958. The van der Waals surface area contributed by atoms with E-state index in [1.54, 1.807) is 23.2 Å². The summed E-state index contributed by atoms with van der Waals surface area (Å²) in [5, 5.41) is 0. The molecular weight excluding hydrogens is 166 g/mol. The van der Waals surface area contributed by atoms with Gasteiger partial charge in [-0.05, 0) is 26.2 Å². The maximum absolute atomic E-state index is 11.5. The monoisotopic (exact) mass is 179 g/mol. The Bertz CT molecular complexity index is 309. The lowest BCUT2D eigenvalue weighted by atomic mass is 10.1. The molecule has 70 valence electrons. The van der Waals surface area contributed by atoms with Gasteiger partial charge in [0, 0.05) is 6.20 Å². The van der Waals surface area contributed by atoms with Crippen LogP contribution in [-0.4, -0.2) is 36.3 Å². The summed E-state index contributed by atoms with van der Waals surface area (Å²) in [5.41, 5.74) is 6.04. The third kappa shape index (κ3) is 2.52. The van der Waals surface area contributed by atoms with Gasteiger partial charge >= 0.3 is 0 Å². The fourth-order valence-electron chi connectivity index (χ4n) is 1.03. The molecule has 0 aromatic carbocycles. The van der Waals surface area contributed by atoms with Crippen LogP contribution in [0.1, 0.15) is 10.4 Å². The third-order valence-electron chi connectivity index (χ3n) is 1.60. The molecule has 2 N–H and O–H groups in total. The lowest BCUT2D eigenvalue weighted by Gasteiger charge is -2.08. The second kappa shape index (κ2) is 4.00. The van der Waals surface area contributed by atoms with E-state index in [4.69, 9.17) is 5.73 Å². The molecule has 0 fully saturated rings. The van der Waals surface area contributed by atoms with Gasteiger partial charge in [0.25, 0.3) is 0 Å². The topological polar surface area (TPSA) is 59.2 Å². The van der Waals surface area contributed by atoms with Crippen molar-refractivity contribution in [3.8, 4) is 0 Å². The van der Waals surface area contributed by atoms with Crippen molar-refractivity contribution in [1.29, 1.82) is 0 Å². The van der Waals surface area contributed by atoms with Gasteiger partial charge in [-0.1, -0.05) is 0 Å². The van der Waals surface area contributed by atoms with Gasteiger partial charge in [0.1, 0.15) is 5.82 Å². The van der Waals surface area contributed by atoms with E-state index in [9.17, 15) is 4.79 Å². The normalized spacial score (nSPS) is 10.4. The Hall–Kier alpha value is -1.42. The molecule has 4 heteroatoms. The minimum atomic E-state index is -0.00407. The zero-order valence-corrected chi connectivity index (χ0v) is 7.82. The molecule has 0 bridgehead atoms. The predicted molar refractivity (Wildman–Crippen MR) is 51.5 cm³/mol. The molecule has 1 aromatic heterocycles. The first kappa shape index (κ1) is 9.67. The van der Waals surface area contributed by atoms with Crippen LogP contribution in [-0.2, 0) is 0 Å². The molecule has 4 nitrogen and oxygen atoms in total. The average molecular weight is 179 g/mol. The molecule has 0 saturated heterocycles. The molecule has 0 radical (unpaired) electrons. The first-order valence-corrected chi connectivity index (χ1v) is 3.99. The minimum absolute atomic E-state index is 0.00407. The Labute approximate surface area is 77.4 Å². The maximum atomic E-state index is 11.5. The highest BCUT2D eigenvalue weighted by atomic mass is 16.1. The van der Waals surface area contributed by atoms with Crippen LogP contribution in [0.2, 0.25) is 0 Å². The SMILES string of the molecule is CN(C)CC(=O)c1cccnc1N. The molecule has 0 aliphatic rings. The summed E-state index contributed by atoms with van der Waals surface area (Å²) in [7, 11) is 3.68. The van der Waals surface area contributed by atoms with Gasteiger partial charge in [-0.25, -0.2) is 4.98 Å². The Kier molecular flexibility index (Phi) is 2.97. The van der Waals surface area contributed by atoms with Crippen molar-refractivity contribution in [2.24, 2.45) is 0 Å². The number of carbonyl (C=O) groups is 1. The number of hydrogen-bond acceptors (Lipinski definition) is 4. The number of ketones is 1. The first-order valence-electron chi connectivity index (χ1n) is 3.99. The number of anilines is 1. The van der Waals surface area contributed by atoms with E-state index in [1.807, 2.05) is 14.1 Å². The molecule has 1 rings (SSSR count). The van der Waals surface area contributed by atoms with Crippen molar-refractivity contribution < 1.29 is 4.79 Å². The van der Waals surface area contributed by atoms with Gasteiger partial charge < -0.3 is 10.6 Å². The first-order chi connectivity index (χ1) is 6.11. The second-order valence-electron chi connectivity index (χ2n) is 3.10. The number of carbonyl (C=O) groups excluding carboxylic acids is 1. The van der Waals surface area contributed by atoms with Gasteiger partial charge in [-0.2, -0.15) is 0 Å². The molecular formula is C9H13N3O. The molecule has 1 heterocycles. The summed E-state index contributed by atoms with van der Waals surface area (Å²) in [6.45, 7) is 0.357. The van der Waals surface area contributed by atoms with Gasteiger partial charge in [-0.15, -0.1) is 0 Å². The summed E-state index contributed by atoms with van der Waals surface area (Å²) < 4.78 is 0. The number of aromatic nitrogens is 1. The molecule has 0 atom stereocenters. The van der Waals surface area contributed by atoms with Gasteiger partial charge in [0.2, 0.25) is 0 Å². The lowest BCUT2D eigenvalue weighted by Crippen LogP contribution is -2.22. The number of nitrogen functional groups attached to an aromatic ring is 1. The van der Waals surface area contributed by atoms with E-state index in [0.717, 1.165) is 0 Å². The molecule has 0 spiro atoms.